The van der Waals surface area contributed by atoms with Crippen molar-refractivity contribution in [3.63, 3.8) is 0 Å². The van der Waals surface area contributed by atoms with Crippen molar-refractivity contribution in [1.82, 2.24) is 15.5 Å². The smallest absolute Gasteiger partial charge is 0.343 e. The van der Waals surface area contributed by atoms with Gasteiger partial charge in [0.15, 0.2) is 0 Å². The maximum absolute atomic E-state index is 13.0. The molecule has 1 fully saturated rings. The van der Waals surface area contributed by atoms with Crippen molar-refractivity contribution < 1.29 is 22.8 Å². The van der Waals surface area contributed by atoms with Crippen LogP contribution >= 0.6 is 0 Å². The molecule has 0 atom stereocenters. The van der Waals surface area contributed by atoms with Crippen molar-refractivity contribution in [2.45, 2.75) is 25.4 Å². The van der Waals surface area contributed by atoms with Crippen molar-refractivity contribution in [3.8, 4) is 0 Å². The largest absolute Gasteiger partial charge is 0.417 e. The van der Waals surface area contributed by atoms with E-state index in [2.05, 4.69) is 10.6 Å². The molecule has 1 aromatic carbocycles. The number of likely N-dealkylation sites (tertiary alicyclic amines) is 1. The highest BCUT2D eigenvalue weighted by Crippen LogP contribution is 2.31. The van der Waals surface area contributed by atoms with E-state index in [-0.39, 0.29) is 12.5 Å². The van der Waals surface area contributed by atoms with Gasteiger partial charge in [-0.2, -0.15) is 13.2 Å². The lowest BCUT2D eigenvalue weighted by Crippen LogP contribution is -2.44. The van der Waals surface area contributed by atoms with Gasteiger partial charge in [-0.15, -0.1) is 0 Å². The van der Waals surface area contributed by atoms with Gasteiger partial charge in [-0.05, 0) is 50.9 Å². The molecule has 2 amide bonds. The summed E-state index contributed by atoms with van der Waals surface area (Å²) in [6, 6.07) is 4.55. The third-order valence-corrected chi connectivity index (χ3v) is 4.65. The van der Waals surface area contributed by atoms with E-state index in [4.69, 9.17) is 0 Å². The third-order valence-electron chi connectivity index (χ3n) is 4.65. The first kappa shape index (κ1) is 20.2. The fourth-order valence-electron chi connectivity index (χ4n) is 3.11. The van der Waals surface area contributed by atoms with E-state index in [0.29, 0.717) is 19.0 Å². The van der Waals surface area contributed by atoms with Gasteiger partial charge in [-0.3, -0.25) is 9.59 Å². The summed E-state index contributed by atoms with van der Waals surface area (Å²) in [5, 5.41) is 5.42. The molecule has 0 aromatic heterocycles. The fraction of sp³-hybridized carbons (Fsp3) is 0.556. The van der Waals surface area contributed by atoms with E-state index >= 15 is 0 Å². The molecule has 1 aromatic rings. The van der Waals surface area contributed by atoms with Crippen LogP contribution < -0.4 is 10.6 Å². The van der Waals surface area contributed by atoms with Gasteiger partial charge in [0, 0.05) is 13.1 Å². The number of hydrogen-bond acceptors (Lipinski definition) is 3. The molecule has 1 aliphatic heterocycles. The highest BCUT2D eigenvalue weighted by molar-refractivity contribution is 5.97. The number of nitrogens with one attached hydrogen (secondary N) is 2. The fourth-order valence-corrected chi connectivity index (χ4v) is 3.11. The van der Waals surface area contributed by atoms with E-state index in [9.17, 15) is 22.8 Å². The first-order valence-corrected chi connectivity index (χ1v) is 8.69. The van der Waals surface area contributed by atoms with Crippen LogP contribution in [0.15, 0.2) is 24.3 Å². The van der Waals surface area contributed by atoms with Crippen LogP contribution in [0, 0.1) is 5.92 Å². The molecule has 8 heteroatoms. The van der Waals surface area contributed by atoms with E-state index in [1.54, 1.807) is 4.90 Å². The molecule has 0 bridgehead atoms. The molecule has 144 valence electrons. The minimum Gasteiger partial charge on any atom is -0.343 e. The highest BCUT2D eigenvalue weighted by atomic mass is 19.4. The topological polar surface area (TPSA) is 61.4 Å². The molecule has 26 heavy (non-hydrogen) atoms. The molecule has 1 aliphatic rings. The van der Waals surface area contributed by atoms with Gasteiger partial charge in [-0.1, -0.05) is 12.1 Å². The maximum Gasteiger partial charge on any atom is 0.417 e. The number of piperidine rings is 1. The molecule has 0 aliphatic carbocycles. The highest BCUT2D eigenvalue weighted by Gasteiger charge is 2.35. The first-order valence-electron chi connectivity index (χ1n) is 8.69. The Morgan fingerprint density at radius 3 is 2.46 bits per heavy atom. The predicted molar refractivity (Wildman–Crippen MR) is 91.6 cm³/mol. The molecule has 1 saturated heterocycles. The summed E-state index contributed by atoms with van der Waals surface area (Å²) < 4.78 is 38.9. The maximum atomic E-state index is 13.0. The lowest BCUT2D eigenvalue weighted by molar-refractivity contribution is -0.137. The van der Waals surface area contributed by atoms with Gasteiger partial charge in [-0.25, -0.2) is 0 Å². The van der Waals surface area contributed by atoms with Crippen LogP contribution in [0.5, 0.6) is 0 Å². The normalized spacial score (nSPS) is 15.8. The molecular formula is C18H24F3N3O2. The second-order valence-corrected chi connectivity index (χ2v) is 6.44. The summed E-state index contributed by atoms with van der Waals surface area (Å²) in [5.74, 6) is -0.593. The average Bonchev–Trinajstić information content (AvgIpc) is 2.64. The van der Waals surface area contributed by atoms with E-state index in [1.165, 1.54) is 12.1 Å². The minimum atomic E-state index is -4.62. The van der Waals surface area contributed by atoms with Crippen LogP contribution in [0.3, 0.4) is 0 Å². The molecule has 5 nitrogen and oxygen atoms in total. The SMILES string of the molecule is CNCCC1CCN(C(=O)CNC(=O)c2ccccc2C(F)(F)F)CC1. The van der Waals surface area contributed by atoms with Gasteiger partial charge in [0.05, 0.1) is 17.7 Å². The minimum absolute atomic E-state index is 0.269. The molecule has 2 rings (SSSR count). The summed E-state index contributed by atoms with van der Waals surface area (Å²) >= 11 is 0. The Kier molecular flexibility index (Phi) is 7.02. The van der Waals surface area contributed by atoms with E-state index < -0.39 is 23.2 Å². The number of halogens is 3. The Labute approximate surface area is 150 Å². The number of rotatable bonds is 6. The van der Waals surface area contributed by atoms with Crippen molar-refractivity contribution in [2.75, 3.05) is 33.2 Å². The number of alkyl halides is 3. The zero-order chi connectivity index (χ0) is 19.2. The van der Waals surface area contributed by atoms with E-state index in [1.807, 2.05) is 7.05 Å². The summed E-state index contributed by atoms with van der Waals surface area (Å²) in [4.78, 5) is 26.0. The van der Waals surface area contributed by atoms with Crippen LogP contribution in [0.2, 0.25) is 0 Å². The number of carbonyl (C=O) groups is 2. The van der Waals surface area contributed by atoms with Gasteiger partial charge in [0.1, 0.15) is 0 Å². The molecule has 0 radical (unpaired) electrons. The third kappa shape index (κ3) is 5.45. The van der Waals surface area contributed by atoms with Crippen LogP contribution in [0.4, 0.5) is 13.2 Å². The average molecular weight is 371 g/mol. The number of hydrogen-bond donors (Lipinski definition) is 2. The summed E-state index contributed by atoms with van der Waals surface area (Å²) in [6.07, 6.45) is -1.76. The summed E-state index contributed by atoms with van der Waals surface area (Å²) in [7, 11) is 1.90. The predicted octanol–water partition coefficient (Wildman–Crippen LogP) is 2.28. The van der Waals surface area contributed by atoms with Crippen molar-refractivity contribution in [3.05, 3.63) is 35.4 Å². The van der Waals surface area contributed by atoms with Crippen molar-refractivity contribution >= 4 is 11.8 Å². The Balaban J connectivity index is 1.86. The van der Waals surface area contributed by atoms with Crippen LogP contribution in [-0.4, -0.2) is 49.9 Å². The van der Waals surface area contributed by atoms with Gasteiger partial charge in [0.2, 0.25) is 5.91 Å². The number of nitrogens with zero attached hydrogens (tertiary/aromatic N) is 1. The Bertz CT molecular complexity index is 626. The molecule has 0 spiro atoms. The molecule has 0 unspecified atom stereocenters. The van der Waals surface area contributed by atoms with Crippen molar-refractivity contribution in [1.29, 1.82) is 0 Å². The number of benzene rings is 1. The Hall–Kier alpha value is -2.09. The standard InChI is InChI=1S/C18H24F3N3O2/c1-22-9-6-13-7-10-24(11-8-13)16(25)12-23-17(26)14-4-2-3-5-15(14)18(19,20)21/h2-5,13,22H,6-12H2,1H3,(H,23,26). The Morgan fingerprint density at radius 1 is 1.19 bits per heavy atom. The second-order valence-electron chi connectivity index (χ2n) is 6.44. The van der Waals surface area contributed by atoms with Crippen molar-refractivity contribution in [2.24, 2.45) is 5.92 Å². The zero-order valence-corrected chi connectivity index (χ0v) is 14.7. The van der Waals surface area contributed by atoms with Crippen LogP contribution in [0.1, 0.15) is 35.2 Å². The molecular weight excluding hydrogens is 347 g/mol. The van der Waals surface area contributed by atoms with Gasteiger partial charge in [0.25, 0.3) is 5.91 Å². The zero-order valence-electron chi connectivity index (χ0n) is 14.7. The lowest BCUT2D eigenvalue weighted by atomic mass is 9.93. The van der Waals surface area contributed by atoms with E-state index in [0.717, 1.165) is 37.9 Å². The summed E-state index contributed by atoms with van der Waals surface area (Å²) in [5.41, 5.74) is -1.48. The van der Waals surface area contributed by atoms with Crippen LogP contribution in [-0.2, 0) is 11.0 Å². The Morgan fingerprint density at radius 2 is 1.85 bits per heavy atom. The molecule has 1 heterocycles. The van der Waals surface area contributed by atoms with Gasteiger partial charge >= 0.3 is 6.18 Å². The lowest BCUT2D eigenvalue weighted by Gasteiger charge is -2.32. The van der Waals surface area contributed by atoms with Gasteiger partial charge < -0.3 is 15.5 Å². The monoisotopic (exact) mass is 371 g/mol. The second kappa shape index (κ2) is 9.02. The van der Waals surface area contributed by atoms with Crippen LogP contribution in [0.25, 0.3) is 0 Å². The first-order chi connectivity index (χ1) is 12.3. The quantitative estimate of drug-likeness (QED) is 0.807. The molecule has 2 N–H and O–H groups in total. The number of carbonyl (C=O) groups excluding carboxylic acids is 2. The summed E-state index contributed by atoms with van der Waals surface area (Å²) in [6.45, 7) is 1.87. The number of amides is 2. The molecule has 0 saturated carbocycles.